The Labute approximate surface area is 458 Å². The van der Waals surface area contributed by atoms with Gasteiger partial charge in [-0.2, -0.15) is 0 Å². The first kappa shape index (κ1) is 59.0. The number of rotatable bonds is 15. The third-order valence-corrected chi connectivity index (χ3v) is 25.4. The lowest BCUT2D eigenvalue weighted by Crippen LogP contribution is -2.55. The normalized spacial score (nSPS) is 43.3. The number of aliphatic carboxylic acids is 1. The first-order valence-electron chi connectivity index (χ1n) is 32.2. The number of hydrogen-bond donors (Lipinski definition) is 1. The Morgan fingerprint density at radius 2 is 0.800 bits per heavy atom. The molecule has 0 aromatic heterocycles. The van der Waals surface area contributed by atoms with Gasteiger partial charge in [-0.3, -0.25) is 19.2 Å². The number of hydrogen-bond acceptors (Lipinski definition) is 7. The van der Waals surface area contributed by atoms with Gasteiger partial charge in [-0.15, -0.1) is 0 Å². The van der Waals surface area contributed by atoms with Crippen molar-refractivity contribution in [2.45, 2.75) is 256 Å². The molecule has 8 heteroatoms. The van der Waals surface area contributed by atoms with Gasteiger partial charge in [0.15, 0.2) is 0 Å². The van der Waals surface area contributed by atoms with E-state index in [1.54, 1.807) is 0 Å². The molecular formula is C67H112O8. The first-order chi connectivity index (χ1) is 35.5. The van der Waals surface area contributed by atoms with Crippen LogP contribution in [0.5, 0.6) is 0 Å². The molecule has 18 atom stereocenters. The van der Waals surface area contributed by atoms with Gasteiger partial charge in [-0.1, -0.05) is 95.4 Å². The molecule has 9 fully saturated rings. The average molecular weight is 1050 g/mol. The number of carboxylic acid groups (broad SMARTS) is 1. The highest BCUT2D eigenvalue weighted by Gasteiger charge is 2.59. The Kier molecular flexibility index (Phi) is 19.1. The Morgan fingerprint density at radius 3 is 1.25 bits per heavy atom. The number of carboxylic acids is 1. The molecule has 0 heterocycles. The molecule has 0 amide bonds. The van der Waals surface area contributed by atoms with Crippen LogP contribution in [-0.2, 0) is 33.4 Å². The smallest absolute Gasteiger partial charge is 0.306 e. The second-order valence-corrected chi connectivity index (χ2v) is 30.7. The summed E-state index contributed by atoms with van der Waals surface area (Å²) in [6, 6.07) is 0. The molecule has 0 aromatic rings. The fourth-order valence-electron chi connectivity index (χ4n) is 21.1. The van der Waals surface area contributed by atoms with E-state index >= 15 is 0 Å². The Hall–Kier alpha value is -2.12. The molecule has 428 valence electrons. The van der Waals surface area contributed by atoms with E-state index in [0.717, 1.165) is 96.2 Å². The molecule has 9 rings (SSSR count). The number of esters is 3. The van der Waals surface area contributed by atoms with Gasteiger partial charge in [-0.25, -0.2) is 0 Å². The van der Waals surface area contributed by atoms with Crippen molar-refractivity contribution in [3.05, 3.63) is 0 Å². The summed E-state index contributed by atoms with van der Waals surface area (Å²) in [4.78, 5) is 48.7. The van der Waals surface area contributed by atoms with Crippen LogP contribution in [0, 0.1) is 122 Å². The zero-order valence-electron chi connectivity index (χ0n) is 50.0. The van der Waals surface area contributed by atoms with Crippen LogP contribution in [0.4, 0.5) is 0 Å². The quantitative estimate of drug-likeness (QED) is 0.127. The maximum absolute atomic E-state index is 13.0. The highest BCUT2D eigenvalue weighted by molar-refractivity contribution is 5.78. The van der Waals surface area contributed by atoms with Crippen molar-refractivity contribution in [2.24, 2.45) is 122 Å². The fourth-order valence-corrected chi connectivity index (χ4v) is 21.1. The summed E-state index contributed by atoms with van der Waals surface area (Å²) in [6.45, 7) is 28.2. The summed E-state index contributed by atoms with van der Waals surface area (Å²) in [6.07, 6.45) is 31.8. The van der Waals surface area contributed by atoms with E-state index in [9.17, 15) is 19.2 Å². The summed E-state index contributed by atoms with van der Waals surface area (Å²) in [5.41, 5.74) is 0.891. The molecule has 0 bridgehead atoms. The van der Waals surface area contributed by atoms with Crippen LogP contribution < -0.4 is 0 Å². The second kappa shape index (κ2) is 24.3. The summed E-state index contributed by atoms with van der Waals surface area (Å²) in [5.74, 6) is 11.3. The average Bonchev–Trinajstić information content (AvgIpc) is 3.39. The van der Waals surface area contributed by atoms with Crippen LogP contribution in [0.15, 0.2) is 0 Å². The van der Waals surface area contributed by atoms with Gasteiger partial charge in [0.2, 0.25) is 0 Å². The van der Waals surface area contributed by atoms with E-state index in [1.165, 1.54) is 135 Å². The largest absolute Gasteiger partial charge is 0.481 e. The topological polar surface area (TPSA) is 116 Å². The molecule has 8 nitrogen and oxygen atoms in total. The molecule has 0 aliphatic heterocycles. The van der Waals surface area contributed by atoms with Crippen molar-refractivity contribution in [1.29, 1.82) is 0 Å². The van der Waals surface area contributed by atoms with E-state index in [2.05, 4.69) is 76.2 Å². The molecule has 0 spiro atoms. The van der Waals surface area contributed by atoms with Crippen molar-refractivity contribution >= 4 is 23.9 Å². The molecule has 75 heavy (non-hydrogen) atoms. The van der Waals surface area contributed by atoms with Crippen molar-refractivity contribution in [2.75, 3.05) is 19.8 Å². The summed E-state index contributed by atoms with van der Waals surface area (Å²) in [5, 5.41) is 8.77. The molecule has 0 saturated heterocycles. The maximum Gasteiger partial charge on any atom is 0.306 e. The van der Waals surface area contributed by atoms with Crippen LogP contribution in [0.1, 0.15) is 256 Å². The third kappa shape index (κ3) is 12.9. The van der Waals surface area contributed by atoms with Gasteiger partial charge in [-0.05, 0) is 240 Å². The zero-order chi connectivity index (χ0) is 54.1. The maximum atomic E-state index is 13.0. The predicted molar refractivity (Wildman–Crippen MR) is 300 cm³/mol. The van der Waals surface area contributed by atoms with Gasteiger partial charge >= 0.3 is 23.9 Å². The highest BCUT2D eigenvalue weighted by Crippen LogP contribution is 2.66. The minimum Gasteiger partial charge on any atom is -0.481 e. The number of carbonyl (C=O) groups is 4. The molecule has 0 radical (unpaired) electrons. The van der Waals surface area contributed by atoms with Crippen LogP contribution in [0.2, 0.25) is 0 Å². The Morgan fingerprint density at radius 1 is 0.413 bits per heavy atom. The molecule has 9 saturated carbocycles. The summed E-state index contributed by atoms with van der Waals surface area (Å²) in [7, 11) is 0. The van der Waals surface area contributed by atoms with Gasteiger partial charge in [0, 0.05) is 16.2 Å². The van der Waals surface area contributed by atoms with Gasteiger partial charge in [0.25, 0.3) is 0 Å². The highest BCUT2D eigenvalue weighted by atomic mass is 16.5. The number of ether oxygens (including phenoxy) is 3. The molecule has 9 aliphatic rings. The lowest BCUT2D eigenvalue weighted by Gasteiger charge is -2.61. The standard InChI is InChI=1S/C43H72O4.C24H40O4/c1-28(2)30-11-15-34-32(24-30)13-17-37-35(34)10-8-21-41(37,5)26-46-39(44)19-20-40(45)47-27-42(6)22-9-23-43(7)36-16-12-31(29(3)4)25-33(36)14-18-38(42)43;1-16(2)17-6-8-19-18(14-17)7-9-20-23(3,12-5-13-24(19,20)4)15-28-22(27)11-10-21(25)26/h28-38H,8-27H2,1-7H3;16-20H,5-15H2,1-4H3,(H,25,26). The van der Waals surface area contributed by atoms with E-state index in [1.807, 2.05) is 0 Å². The minimum atomic E-state index is -0.941. The van der Waals surface area contributed by atoms with Crippen LogP contribution in [0.25, 0.3) is 0 Å². The van der Waals surface area contributed by atoms with E-state index in [4.69, 9.17) is 19.3 Å². The predicted octanol–water partition coefficient (Wildman–Crippen LogP) is 16.7. The van der Waals surface area contributed by atoms with Gasteiger partial charge in [0.05, 0.1) is 45.5 Å². The van der Waals surface area contributed by atoms with E-state index in [-0.39, 0.29) is 59.8 Å². The zero-order valence-corrected chi connectivity index (χ0v) is 50.0. The monoisotopic (exact) mass is 1040 g/mol. The fraction of sp³-hybridized carbons (Fsp3) is 0.940. The van der Waals surface area contributed by atoms with Gasteiger partial charge < -0.3 is 19.3 Å². The molecular weight excluding hydrogens is 933 g/mol. The van der Waals surface area contributed by atoms with E-state index in [0.29, 0.717) is 48.4 Å². The Balaban J connectivity index is 0.000000227. The van der Waals surface area contributed by atoms with Gasteiger partial charge in [0.1, 0.15) is 0 Å². The van der Waals surface area contributed by atoms with Crippen LogP contribution in [0.3, 0.4) is 0 Å². The Bertz CT molecular complexity index is 1940. The third-order valence-electron chi connectivity index (χ3n) is 25.4. The number of fused-ring (bicyclic) bond motifs is 9. The van der Waals surface area contributed by atoms with Crippen molar-refractivity contribution in [3.63, 3.8) is 0 Å². The molecule has 9 aliphatic carbocycles. The molecule has 18 unspecified atom stereocenters. The van der Waals surface area contributed by atoms with Crippen molar-refractivity contribution in [3.8, 4) is 0 Å². The van der Waals surface area contributed by atoms with E-state index < -0.39 is 5.97 Å². The molecule has 0 aromatic carbocycles. The molecule has 1 N–H and O–H groups in total. The summed E-state index contributed by atoms with van der Waals surface area (Å²) >= 11 is 0. The second-order valence-electron chi connectivity index (χ2n) is 30.7. The van der Waals surface area contributed by atoms with Crippen molar-refractivity contribution < 1.29 is 38.5 Å². The van der Waals surface area contributed by atoms with Crippen molar-refractivity contribution in [1.82, 2.24) is 0 Å². The number of carbonyl (C=O) groups excluding carboxylic acids is 3. The SMILES string of the molecule is CC(C)C1CCC2C(CCC3C(C)(COC(=O)CCC(=O)O)CCCC23C)C1.CC(C)C1CCC2C(CCC3C2CCCC3(C)COC(=O)CCC(=O)OCC2(C)CCCC3(C)C4CCC(C(C)C)CC4CCC23)C1. The lowest BCUT2D eigenvalue weighted by atomic mass is 9.44. The van der Waals surface area contributed by atoms with Crippen LogP contribution in [-0.4, -0.2) is 48.8 Å². The minimum absolute atomic E-state index is 0.0192. The summed E-state index contributed by atoms with van der Waals surface area (Å²) < 4.78 is 17.6. The first-order valence-corrected chi connectivity index (χ1v) is 32.2. The lowest BCUT2D eigenvalue weighted by molar-refractivity contribution is -0.166. The van der Waals surface area contributed by atoms with Crippen LogP contribution >= 0.6 is 0 Å².